The van der Waals surface area contributed by atoms with Gasteiger partial charge in [-0.25, -0.2) is 0 Å². The number of ether oxygens (including phenoxy) is 1. The molecule has 4 N–H and O–H groups in total. The molecule has 28 heavy (non-hydrogen) atoms. The number of hydrogen-bond donors (Lipinski definition) is 3. The fourth-order valence-corrected chi connectivity index (χ4v) is 2.84. The first kappa shape index (κ1) is 17.5. The van der Waals surface area contributed by atoms with Gasteiger partial charge in [0.05, 0.1) is 6.42 Å². The van der Waals surface area contributed by atoms with Crippen LogP contribution in [-0.4, -0.2) is 25.9 Å². The Balaban J connectivity index is 1.40. The lowest BCUT2D eigenvalue weighted by molar-refractivity contribution is -0.144. The summed E-state index contributed by atoms with van der Waals surface area (Å²) in [5, 5.41) is 4.04. The van der Waals surface area contributed by atoms with Gasteiger partial charge in [0.15, 0.2) is 12.4 Å². The van der Waals surface area contributed by atoms with Crippen molar-refractivity contribution in [3.8, 4) is 0 Å². The maximum absolute atomic E-state index is 12.2. The number of hydrogen-bond acceptors (Lipinski definition) is 7. The number of para-hydroxylation sites is 2. The van der Waals surface area contributed by atoms with Crippen LogP contribution in [0.15, 0.2) is 60.8 Å². The van der Waals surface area contributed by atoms with E-state index in [1.165, 1.54) is 0 Å². The molecule has 0 amide bonds. The van der Waals surface area contributed by atoms with E-state index in [-0.39, 0.29) is 30.8 Å². The number of esters is 1. The van der Waals surface area contributed by atoms with E-state index in [2.05, 4.69) is 25.3 Å². The molecule has 0 aliphatic carbocycles. The molecule has 0 saturated heterocycles. The van der Waals surface area contributed by atoms with Crippen molar-refractivity contribution in [3.05, 3.63) is 72.2 Å². The quantitative estimate of drug-likeness (QED) is 0.444. The second-order valence-electron chi connectivity index (χ2n) is 6.12. The van der Waals surface area contributed by atoms with Crippen molar-refractivity contribution in [2.45, 2.75) is 13.0 Å². The molecule has 0 bridgehead atoms. The van der Waals surface area contributed by atoms with Crippen molar-refractivity contribution >= 4 is 34.5 Å². The van der Waals surface area contributed by atoms with Crippen LogP contribution in [0, 0.1) is 0 Å². The Labute approximate surface area is 160 Å². The minimum absolute atomic E-state index is 0.0520. The van der Waals surface area contributed by atoms with Crippen LogP contribution in [0.3, 0.4) is 0 Å². The van der Waals surface area contributed by atoms with Crippen LogP contribution in [0.25, 0.3) is 10.9 Å². The monoisotopic (exact) mass is 374 g/mol. The van der Waals surface area contributed by atoms with E-state index in [1.807, 2.05) is 60.8 Å². The highest BCUT2D eigenvalue weighted by atomic mass is 16.5. The number of nitrogen functional groups attached to an aromatic ring is 1. The van der Waals surface area contributed by atoms with Gasteiger partial charge in [-0.05, 0) is 23.8 Å². The lowest BCUT2D eigenvalue weighted by Crippen LogP contribution is -2.12. The van der Waals surface area contributed by atoms with Crippen LogP contribution in [-0.2, 0) is 22.6 Å². The summed E-state index contributed by atoms with van der Waals surface area (Å²) in [6, 6.07) is 17.2. The minimum atomic E-state index is -0.374. The van der Waals surface area contributed by atoms with Crippen LogP contribution in [0.4, 0.5) is 17.6 Å². The number of carbonyl (C=O) groups excluding carboxylic acids is 1. The molecular weight excluding hydrogens is 356 g/mol. The lowest BCUT2D eigenvalue weighted by atomic mass is 10.1. The van der Waals surface area contributed by atoms with Gasteiger partial charge >= 0.3 is 5.97 Å². The van der Waals surface area contributed by atoms with E-state index in [0.717, 1.165) is 22.2 Å². The van der Waals surface area contributed by atoms with Crippen LogP contribution in [0.5, 0.6) is 0 Å². The largest absolute Gasteiger partial charge is 0.457 e. The van der Waals surface area contributed by atoms with Gasteiger partial charge in [0, 0.05) is 22.8 Å². The molecule has 0 unspecified atom stereocenters. The average Bonchev–Trinajstić information content (AvgIpc) is 3.10. The molecule has 2 aromatic heterocycles. The van der Waals surface area contributed by atoms with Crippen molar-refractivity contribution in [2.24, 2.45) is 0 Å². The van der Waals surface area contributed by atoms with Gasteiger partial charge in [0.2, 0.25) is 11.9 Å². The SMILES string of the molecule is Nc1nc(COC(=O)Cc2c[nH]c3ccccc23)nc(Nc2ccccc2)n1. The zero-order chi connectivity index (χ0) is 19.3. The second kappa shape index (κ2) is 7.75. The molecule has 0 radical (unpaired) electrons. The Morgan fingerprint density at radius 3 is 2.68 bits per heavy atom. The molecule has 0 aliphatic rings. The van der Waals surface area contributed by atoms with E-state index < -0.39 is 0 Å². The maximum atomic E-state index is 12.2. The molecule has 0 saturated carbocycles. The van der Waals surface area contributed by atoms with Crippen LogP contribution < -0.4 is 11.1 Å². The fourth-order valence-electron chi connectivity index (χ4n) is 2.84. The zero-order valence-electron chi connectivity index (χ0n) is 14.9. The molecule has 8 heteroatoms. The molecule has 0 spiro atoms. The van der Waals surface area contributed by atoms with Crippen LogP contribution in [0.2, 0.25) is 0 Å². The number of nitrogens with zero attached hydrogens (tertiary/aromatic N) is 3. The van der Waals surface area contributed by atoms with E-state index in [9.17, 15) is 4.79 Å². The van der Waals surface area contributed by atoms with Crippen molar-refractivity contribution in [2.75, 3.05) is 11.1 Å². The molecule has 4 aromatic rings. The summed E-state index contributed by atoms with van der Waals surface area (Å²) < 4.78 is 5.32. The highest BCUT2D eigenvalue weighted by molar-refractivity contribution is 5.87. The molecule has 0 atom stereocenters. The van der Waals surface area contributed by atoms with E-state index >= 15 is 0 Å². The number of aromatic nitrogens is 4. The molecule has 2 aromatic carbocycles. The molecule has 140 valence electrons. The second-order valence-corrected chi connectivity index (χ2v) is 6.12. The Bertz CT molecular complexity index is 1110. The number of rotatable bonds is 6. The number of nitrogens with one attached hydrogen (secondary N) is 2. The van der Waals surface area contributed by atoms with Gasteiger partial charge in [0.1, 0.15) is 0 Å². The van der Waals surface area contributed by atoms with E-state index in [4.69, 9.17) is 10.5 Å². The van der Waals surface area contributed by atoms with Crippen molar-refractivity contribution in [1.29, 1.82) is 0 Å². The molecule has 0 aliphatic heterocycles. The number of aromatic amines is 1. The van der Waals surface area contributed by atoms with Crippen molar-refractivity contribution < 1.29 is 9.53 Å². The molecular formula is C20H18N6O2. The smallest absolute Gasteiger partial charge is 0.310 e. The predicted octanol–water partition coefficient (Wildman–Crippen LogP) is 2.96. The number of fused-ring (bicyclic) bond motifs is 1. The van der Waals surface area contributed by atoms with Gasteiger partial charge < -0.3 is 20.8 Å². The molecule has 2 heterocycles. The summed E-state index contributed by atoms with van der Waals surface area (Å²) in [4.78, 5) is 27.7. The highest BCUT2D eigenvalue weighted by Gasteiger charge is 2.12. The lowest BCUT2D eigenvalue weighted by Gasteiger charge is -2.08. The van der Waals surface area contributed by atoms with Gasteiger partial charge in [-0.1, -0.05) is 36.4 Å². The number of H-pyrrole nitrogens is 1. The van der Waals surface area contributed by atoms with E-state index in [1.54, 1.807) is 0 Å². The summed E-state index contributed by atoms with van der Waals surface area (Å²) in [5.41, 5.74) is 8.42. The normalized spacial score (nSPS) is 10.7. The van der Waals surface area contributed by atoms with Crippen LogP contribution >= 0.6 is 0 Å². The van der Waals surface area contributed by atoms with E-state index in [0.29, 0.717) is 5.95 Å². The Kier molecular flexibility index (Phi) is 4.83. The average molecular weight is 374 g/mol. The first-order valence-corrected chi connectivity index (χ1v) is 8.70. The first-order valence-electron chi connectivity index (χ1n) is 8.70. The number of carbonyl (C=O) groups is 1. The van der Waals surface area contributed by atoms with Gasteiger partial charge in [-0.15, -0.1) is 0 Å². The standard InChI is InChI=1S/C20H18N6O2/c21-19-24-17(25-20(26-19)23-14-6-2-1-3-7-14)12-28-18(27)10-13-11-22-16-9-5-4-8-15(13)16/h1-9,11,22H,10,12H2,(H3,21,23,24,25,26). The third-order valence-corrected chi connectivity index (χ3v) is 4.10. The fraction of sp³-hybridized carbons (Fsp3) is 0.100. The molecule has 4 rings (SSSR count). The number of nitrogens with two attached hydrogens (primary N) is 1. The minimum Gasteiger partial charge on any atom is -0.457 e. The maximum Gasteiger partial charge on any atom is 0.310 e. The zero-order valence-corrected chi connectivity index (χ0v) is 14.9. The topological polar surface area (TPSA) is 119 Å². The molecule has 0 fully saturated rings. The van der Waals surface area contributed by atoms with Gasteiger partial charge in [-0.2, -0.15) is 15.0 Å². The summed E-state index contributed by atoms with van der Waals surface area (Å²) >= 11 is 0. The Morgan fingerprint density at radius 1 is 1.04 bits per heavy atom. The summed E-state index contributed by atoms with van der Waals surface area (Å²) in [7, 11) is 0. The Hall–Kier alpha value is -3.94. The van der Waals surface area contributed by atoms with Gasteiger partial charge in [-0.3, -0.25) is 4.79 Å². The summed E-state index contributed by atoms with van der Waals surface area (Å²) in [6.45, 7) is -0.0859. The Morgan fingerprint density at radius 2 is 1.82 bits per heavy atom. The third kappa shape index (κ3) is 4.07. The number of anilines is 3. The van der Waals surface area contributed by atoms with Crippen molar-refractivity contribution in [3.63, 3.8) is 0 Å². The van der Waals surface area contributed by atoms with Gasteiger partial charge in [0.25, 0.3) is 0 Å². The highest BCUT2D eigenvalue weighted by Crippen LogP contribution is 2.18. The molecule has 8 nitrogen and oxygen atoms in total. The number of benzene rings is 2. The van der Waals surface area contributed by atoms with Crippen molar-refractivity contribution in [1.82, 2.24) is 19.9 Å². The summed E-state index contributed by atoms with van der Waals surface area (Å²) in [6.07, 6.45) is 1.97. The summed E-state index contributed by atoms with van der Waals surface area (Å²) in [5.74, 6) is 0.247. The van der Waals surface area contributed by atoms with Crippen LogP contribution in [0.1, 0.15) is 11.4 Å². The first-order chi connectivity index (χ1) is 13.7. The third-order valence-electron chi connectivity index (χ3n) is 4.10. The predicted molar refractivity (Wildman–Crippen MR) is 106 cm³/mol.